The zero-order chi connectivity index (χ0) is 5.58. The van der Waals surface area contributed by atoms with Gasteiger partial charge in [0.05, 0.1) is 0 Å². The van der Waals surface area contributed by atoms with Crippen LogP contribution in [-0.2, 0) is 21.8 Å². The van der Waals surface area contributed by atoms with Crippen molar-refractivity contribution in [3.05, 3.63) is 0 Å². The summed E-state index contributed by atoms with van der Waals surface area (Å²) < 4.78 is 7.75. The van der Waals surface area contributed by atoms with E-state index in [1.165, 1.54) is 0 Å². The molecular formula is B2CuO4. The zero-order valence-electron chi connectivity index (χ0n) is 3.09. The van der Waals surface area contributed by atoms with Crippen LogP contribution in [0.2, 0.25) is 0 Å². The van der Waals surface area contributed by atoms with Crippen LogP contribution < -0.4 is 15.1 Å². The molecule has 0 amide bonds. The molecule has 0 atom stereocenters. The Kier molecular flexibility index (Phi) is 36.3. The van der Waals surface area contributed by atoms with E-state index in [2.05, 4.69) is 7.72 Å². The second-order valence-corrected chi connectivity index (χ2v) is 0.289. The van der Waals surface area contributed by atoms with Gasteiger partial charge in [-0.15, -0.1) is 0 Å². The van der Waals surface area contributed by atoms with Crippen molar-refractivity contribution in [2.75, 3.05) is 0 Å². The maximum atomic E-state index is 8.42. The summed E-state index contributed by atoms with van der Waals surface area (Å²) in [4.78, 5) is 0. The molecule has 0 N–H and O–H groups in total. The number of hydrogen-bond acceptors (Lipinski definition) is 4. The monoisotopic (exact) mass is 149 g/mol. The SMILES string of the molecule is [B+]=O.[Cu+2].[O-]B([O-])[O-]. The molecule has 0 saturated heterocycles. The second kappa shape index (κ2) is 16.2. The van der Waals surface area contributed by atoms with Gasteiger partial charge in [0, 0.05) is 0 Å². The Labute approximate surface area is 52.6 Å². The summed E-state index contributed by atoms with van der Waals surface area (Å²) in [5.74, 6) is 0. The van der Waals surface area contributed by atoms with Crippen LogP contribution in [0.3, 0.4) is 0 Å². The summed E-state index contributed by atoms with van der Waals surface area (Å²) in [6, 6.07) is 0. The van der Waals surface area contributed by atoms with Crippen LogP contribution in [-0.4, -0.2) is 15.0 Å². The van der Waals surface area contributed by atoms with E-state index in [1.54, 1.807) is 0 Å². The largest absolute Gasteiger partial charge is 2.00 e. The number of rotatable bonds is 0. The average Bonchev–Trinajstić information content (AvgIpc) is 1.41. The maximum Gasteiger partial charge on any atom is 2.00 e. The quantitative estimate of drug-likeness (QED) is 0.325. The van der Waals surface area contributed by atoms with Crippen LogP contribution in [0.15, 0.2) is 0 Å². The van der Waals surface area contributed by atoms with Gasteiger partial charge in [-0.05, 0) is 0 Å². The molecule has 0 unspecified atom stereocenters. The fourth-order valence-electron chi connectivity index (χ4n) is 0. The standard InChI is InChI=1S/BO3.BO.Cu/c2-1(3)4;1-2;/q-3;+1;+2. The molecule has 0 rings (SSSR count). The minimum atomic E-state index is -2.92. The Bertz CT molecular complexity index is 20.9. The first-order chi connectivity index (χ1) is 2.73. The van der Waals surface area contributed by atoms with Gasteiger partial charge in [-0.2, -0.15) is 0 Å². The molecule has 0 fully saturated rings. The Morgan fingerprint density at radius 1 is 1.14 bits per heavy atom. The number of hydrogen-bond donors (Lipinski definition) is 0. The smallest absolute Gasteiger partial charge is 0.907 e. The summed E-state index contributed by atoms with van der Waals surface area (Å²) in [5.41, 5.74) is 0. The molecule has 0 heterocycles. The van der Waals surface area contributed by atoms with E-state index >= 15 is 0 Å². The maximum absolute atomic E-state index is 8.42. The normalized spacial score (nSPS) is 4.71. The van der Waals surface area contributed by atoms with E-state index in [-0.39, 0.29) is 17.1 Å². The third kappa shape index (κ3) is 1090. The molecule has 0 aliphatic carbocycles. The first-order valence-corrected chi connectivity index (χ1v) is 0.943. The Morgan fingerprint density at radius 2 is 1.14 bits per heavy atom. The molecular weight excluding hydrogens is 149 g/mol. The van der Waals surface area contributed by atoms with Gasteiger partial charge in [0.1, 0.15) is 0 Å². The van der Waals surface area contributed by atoms with Crippen molar-refractivity contribution in [3.8, 4) is 0 Å². The molecule has 0 aromatic rings. The molecule has 7 heavy (non-hydrogen) atoms. The zero-order valence-corrected chi connectivity index (χ0v) is 4.03. The molecule has 0 aromatic heterocycles. The van der Waals surface area contributed by atoms with Crippen molar-refractivity contribution in [1.82, 2.24) is 0 Å². The predicted octanol–water partition coefficient (Wildman–Crippen LogP) is -4.45. The van der Waals surface area contributed by atoms with Crippen LogP contribution in [0.4, 0.5) is 0 Å². The fraction of sp³-hybridized carbons (Fsp3) is 0. The van der Waals surface area contributed by atoms with Gasteiger partial charge in [-0.25, -0.2) is 0 Å². The van der Waals surface area contributed by atoms with Gasteiger partial charge in [0.25, 0.3) is 0 Å². The van der Waals surface area contributed by atoms with Crippen molar-refractivity contribution in [1.29, 1.82) is 0 Å². The summed E-state index contributed by atoms with van der Waals surface area (Å²) in [6.45, 7) is 0. The minimum Gasteiger partial charge on any atom is -0.907 e. The second-order valence-electron chi connectivity index (χ2n) is 0.289. The van der Waals surface area contributed by atoms with E-state index in [0.717, 1.165) is 0 Å². The molecule has 0 saturated carbocycles. The van der Waals surface area contributed by atoms with Crippen LogP contribution in [0.25, 0.3) is 0 Å². The molecule has 41 valence electrons. The fourth-order valence-corrected chi connectivity index (χ4v) is 0. The minimum absolute atomic E-state index is 0. The molecule has 4 nitrogen and oxygen atoms in total. The molecule has 0 spiro atoms. The average molecular weight is 149 g/mol. The van der Waals surface area contributed by atoms with Crippen molar-refractivity contribution in [2.24, 2.45) is 0 Å². The Hall–Kier alpha value is 0.329. The van der Waals surface area contributed by atoms with Gasteiger partial charge < -0.3 is 15.1 Å². The van der Waals surface area contributed by atoms with E-state index < -0.39 is 7.32 Å². The van der Waals surface area contributed by atoms with E-state index in [4.69, 9.17) is 19.8 Å². The summed E-state index contributed by atoms with van der Waals surface area (Å²) in [6.07, 6.45) is 0. The first kappa shape index (κ1) is 15.7. The summed E-state index contributed by atoms with van der Waals surface area (Å²) in [7, 11) is 0.333. The van der Waals surface area contributed by atoms with Crippen molar-refractivity contribution in [2.45, 2.75) is 0 Å². The van der Waals surface area contributed by atoms with Crippen LogP contribution in [0.1, 0.15) is 0 Å². The van der Waals surface area contributed by atoms with Gasteiger partial charge in [0.2, 0.25) is 0 Å². The van der Waals surface area contributed by atoms with Gasteiger partial charge in [-0.1, -0.05) is 0 Å². The van der Waals surface area contributed by atoms with Crippen LogP contribution in [0, 0.1) is 0 Å². The van der Waals surface area contributed by atoms with Crippen molar-refractivity contribution < 1.29 is 36.8 Å². The van der Waals surface area contributed by atoms with E-state index in [1.807, 2.05) is 0 Å². The molecule has 0 aromatic carbocycles. The van der Waals surface area contributed by atoms with Gasteiger partial charge in [-0.3, -0.25) is 7.32 Å². The Balaban J connectivity index is -0.0000000480. The molecule has 0 bridgehead atoms. The third-order valence-electron chi connectivity index (χ3n) is 0. The first-order valence-electron chi connectivity index (χ1n) is 0.943. The van der Waals surface area contributed by atoms with Crippen LogP contribution in [0.5, 0.6) is 0 Å². The molecule has 0 aliphatic heterocycles. The predicted molar refractivity (Wildman–Crippen MR) is 12.2 cm³/mol. The molecule has 7 heteroatoms. The Morgan fingerprint density at radius 3 is 1.14 bits per heavy atom. The van der Waals surface area contributed by atoms with Gasteiger partial charge in [0.15, 0.2) is 0 Å². The van der Waals surface area contributed by atoms with Crippen molar-refractivity contribution >= 4 is 15.0 Å². The van der Waals surface area contributed by atoms with Crippen molar-refractivity contribution in [3.63, 3.8) is 0 Å². The van der Waals surface area contributed by atoms with Crippen LogP contribution >= 0.6 is 0 Å². The van der Waals surface area contributed by atoms with E-state index in [0.29, 0.717) is 0 Å². The topological polar surface area (TPSA) is 86.2 Å². The third-order valence-corrected chi connectivity index (χ3v) is 0. The molecule has 0 aliphatic rings. The molecule has 1 radical (unpaired) electrons. The summed E-state index contributed by atoms with van der Waals surface area (Å²) >= 11 is 0. The summed E-state index contributed by atoms with van der Waals surface area (Å²) in [5, 5.41) is 25.2. The van der Waals surface area contributed by atoms with E-state index in [9.17, 15) is 0 Å². The van der Waals surface area contributed by atoms with Gasteiger partial charge >= 0.3 is 29.5 Å².